The number of hydrogen-bond acceptors (Lipinski definition) is 3. The molecule has 4 heteroatoms. The average Bonchev–Trinajstić information content (AvgIpc) is 2.41. The second-order valence-electron chi connectivity index (χ2n) is 3.54. The fourth-order valence-electron chi connectivity index (χ4n) is 1.39. The van der Waals surface area contributed by atoms with Gasteiger partial charge in [-0.15, -0.1) is 11.6 Å². The molecular weight excluding hydrogens is 236 g/mol. The molecule has 0 aliphatic carbocycles. The molecular formula is C13H13ClN2O. The molecule has 2 aromatic rings. The lowest BCUT2D eigenvalue weighted by Gasteiger charge is -2.05. The number of nitrogens with zero attached hydrogens (tertiary/aromatic N) is 2. The summed E-state index contributed by atoms with van der Waals surface area (Å²) in [4.78, 5) is 8.37. The van der Waals surface area contributed by atoms with Crippen molar-refractivity contribution in [3.63, 3.8) is 0 Å². The van der Waals surface area contributed by atoms with Crippen LogP contribution in [0, 0.1) is 0 Å². The lowest BCUT2D eigenvalue weighted by molar-refractivity contribution is 0.319. The standard InChI is InChI=1S/C13H13ClN2O/c14-9-12-4-5-13(10-16-12)17-8-6-11-3-1-2-7-15-11/h1-5,7,10H,6,8-9H2. The van der Waals surface area contributed by atoms with E-state index >= 15 is 0 Å². The molecule has 2 aromatic heterocycles. The Morgan fingerprint density at radius 3 is 2.65 bits per heavy atom. The van der Waals surface area contributed by atoms with Gasteiger partial charge in [0.25, 0.3) is 0 Å². The lowest BCUT2D eigenvalue weighted by atomic mass is 10.3. The Morgan fingerprint density at radius 2 is 2.00 bits per heavy atom. The molecule has 2 heterocycles. The van der Waals surface area contributed by atoms with E-state index in [-0.39, 0.29) is 0 Å². The molecule has 0 N–H and O–H groups in total. The Kier molecular flexibility index (Phi) is 4.33. The summed E-state index contributed by atoms with van der Waals surface area (Å²) < 4.78 is 5.56. The number of pyridine rings is 2. The summed E-state index contributed by atoms with van der Waals surface area (Å²) in [5.74, 6) is 1.18. The third-order valence-corrected chi connectivity index (χ3v) is 2.56. The van der Waals surface area contributed by atoms with E-state index in [0.29, 0.717) is 12.5 Å². The van der Waals surface area contributed by atoms with E-state index in [0.717, 1.165) is 23.6 Å². The summed E-state index contributed by atoms with van der Waals surface area (Å²) in [6, 6.07) is 9.60. The van der Waals surface area contributed by atoms with Gasteiger partial charge in [-0.2, -0.15) is 0 Å². The molecule has 0 aromatic carbocycles. The molecule has 0 radical (unpaired) electrons. The van der Waals surface area contributed by atoms with Gasteiger partial charge in [0.05, 0.1) is 24.4 Å². The first kappa shape index (κ1) is 11.9. The number of rotatable bonds is 5. The monoisotopic (exact) mass is 248 g/mol. The van der Waals surface area contributed by atoms with E-state index in [4.69, 9.17) is 16.3 Å². The van der Waals surface area contributed by atoms with Crippen molar-refractivity contribution in [1.29, 1.82) is 0 Å². The van der Waals surface area contributed by atoms with E-state index < -0.39 is 0 Å². The fraction of sp³-hybridized carbons (Fsp3) is 0.231. The first-order valence-corrected chi connectivity index (χ1v) is 5.95. The largest absolute Gasteiger partial charge is 0.492 e. The highest BCUT2D eigenvalue weighted by atomic mass is 35.5. The molecule has 0 unspecified atom stereocenters. The predicted molar refractivity (Wildman–Crippen MR) is 67.2 cm³/mol. The first-order chi connectivity index (χ1) is 8.38. The van der Waals surface area contributed by atoms with E-state index in [1.807, 2.05) is 30.3 Å². The van der Waals surface area contributed by atoms with Crippen molar-refractivity contribution in [2.45, 2.75) is 12.3 Å². The number of ether oxygens (including phenoxy) is 1. The molecule has 0 saturated carbocycles. The van der Waals surface area contributed by atoms with Gasteiger partial charge >= 0.3 is 0 Å². The number of alkyl halides is 1. The third kappa shape index (κ3) is 3.71. The summed E-state index contributed by atoms with van der Waals surface area (Å²) in [5, 5.41) is 0. The second-order valence-corrected chi connectivity index (χ2v) is 3.81. The molecule has 88 valence electrons. The third-order valence-electron chi connectivity index (χ3n) is 2.29. The van der Waals surface area contributed by atoms with Gasteiger partial charge in [-0.25, -0.2) is 0 Å². The quantitative estimate of drug-likeness (QED) is 0.764. The van der Waals surface area contributed by atoms with Crippen LogP contribution >= 0.6 is 11.6 Å². The molecule has 0 bridgehead atoms. The topological polar surface area (TPSA) is 35.0 Å². The van der Waals surface area contributed by atoms with Gasteiger partial charge in [0.2, 0.25) is 0 Å². The number of hydrogen-bond donors (Lipinski definition) is 0. The predicted octanol–water partition coefficient (Wildman–Crippen LogP) is 2.84. The highest BCUT2D eigenvalue weighted by Gasteiger charge is 1.97. The van der Waals surface area contributed by atoms with Crippen LogP contribution in [-0.4, -0.2) is 16.6 Å². The van der Waals surface area contributed by atoms with Crippen LogP contribution in [0.5, 0.6) is 5.75 Å². The van der Waals surface area contributed by atoms with Crippen LogP contribution in [0.15, 0.2) is 42.7 Å². The maximum absolute atomic E-state index is 5.65. The van der Waals surface area contributed by atoms with E-state index in [9.17, 15) is 0 Å². The zero-order valence-corrected chi connectivity index (χ0v) is 10.1. The summed E-state index contributed by atoms with van der Waals surface area (Å²) in [7, 11) is 0. The SMILES string of the molecule is ClCc1ccc(OCCc2ccccn2)cn1. The van der Waals surface area contributed by atoms with Gasteiger partial charge in [-0.05, 0) is 24.3 Å². The summed E-state index contributed by atoms with van der Waals surface area (Å²) in [5.41, 5.74) is 1.88. The van der Waals surface area contributed by atoms with Crippen LogP contribution in [-0.2, 0) is 12.3 Å². The Hall–Kier alpha value is -1.61. The molecule has 0 atom stereocenters. The molecule has 0 saturated heterocycles. The Labute approximate surface area is 105 Å². The Morgan fingerprint density at radius 1 is 1.06 bits per heavy atom. The van der Waals surface area contributed by atoms with Crippen LogP contribution in [0.3, 0.4) is 0 Å². The molecule has 0 aliphatic rings. The van der Waals surface area contributed by atoms with Crippen molar-refractivity contribution in [1.82, 2.24) is 9.97 Å². The van der Waals surface area contributed by atoms with E-state index in [1.165, 1.54) is 0 Å². The Bertz CT molecular complexity index is 445. The maximum atomic E-state index is 5.65. The molecule has 17 heavy (non-hydrogen) atoms. The van der Waals surface area contributed by atoms with Crippen LogP contribution in [0.1, 0.15) is 11.4 Å². The van der Waals surface area contributed by atoms with Crippen molar-refractivity contribution in [2.75, 3.05) is 6.61 Å². The van der Waals surface area contributed by atoms with Gasteiger partial charge in [-0.1, -0.05) is 6.07 Å². The van der Waals surface area contributed by atoms with Crippen LogP contribution in [0.2, 0.25) is 0 Å². The van der Waals surface area contributed by atoms with Gasteiger partial charge in [-0.3, -0.25) is 9.97 Å². The summed E-state index contributed by atoms with van der Waals surface area (Å²) in [6.07, 6.45) is 4.26. The normalized spacial score (nSPS) is 10.2. The zero-order chi connectivity index (χ0) is 11.9. The highest BCUT2D eigenvalue weighted by Crippen LogP contribution is 2.10. The summed E-state index contributed by atoms with van der Waals surface area (Å²) >= 11 is 5.65. The molecule has 0 amide bonds. The van der Waals surface area contributed by atoms with E-state index in [1.54, 1.807) is 12.4 Å². The van der Waals surface area contributed by atoms with Crippen molar-refractivity contribution < 1.29 is 4.74 Å². The van der Waals surface area contributed by atoms with Crippen LogP contribution < -0.4 is 4.74 Å². The van der Waals surface area contributed by atoms with Crippen LogP contribution in [0.25, 0.3) is 0 Å². The molecule has 2 rings (SSSR count). The van der Waals surface area contributed by atoms with E-state index in [2.05, 4.69) is 9.97 Å². The first-order valence-electron chi connectivity index (χ1n) is 5.42. The molecule has 0 spiro atoms. The van der Waals surface area contributed by atoms with Gasteiger partial charge in [0, 0.05) is 18.3 Å². The minimum absolute atomic E-state index is 0.425. The van der Waals surface area contributed by atoms with Crippen molar-refractivity contribution >= 4 is 11.6 Å². The lowest BCUT2D eigenvalue weighted by Crippen LogP contribution is -2.03. The van der Waals surface area contributed by atoms with Crippen molar-refractivity contribution in [3.05, 3.63) is 54.1 Å². The fourth-order valence-corrected chi connectivity index (χ4v) is 1.55. The maximum Gasteiger partial charge on any atom is 0.137 e. The van der Waals surface area contributed by atoms with Gasteiger partial charge in [0.15, 0.2) is 0 Å². The van der Waals surface area contributed by atoms with Crippen LogP contribution in [0.4, 0.5) is 0 Å². The molecule has 3 nitrogen and oxygen atoms in total. The number of halogens is 1. The highest BCUT2D eigenvalue weighted by molar-refractivity contribution is 6.16. The van der Waals surface area contributed by atoms with Crippen molar-refractivity contribution in [3.8, 4) is 5.75 Å². The second kappa shape index (κ2) is 6.21. The Balaban J connectivity index is 1.82. The zero-order valence-electron chi connectivity index (χ0n) is 9.34. The number of aromatic nitrogens is 2. The smallest absolute Gasteiger partial charge is 0.137 e. The minimum Gasteiger partial charge on any atom is -0.492 e. The summed E-state index contributed by atoms with van der Waals surface area (Å²) in [6.45, 7) is 0.596. The minimum atomic E-state index is 0.425. The van der Waals surface area contributed by atoms with Gasteiger partial charge < -0.3 is 4.74 Å². The van der Waals surface area contributed by atoms with Crippen molar-refractivity contribution in [2.24, 2.45) is 0 Å². The molecule has 0 aliphatic heterocycles. The molecule has 0 fully saturated rings. The van der Waals surface area contributed by atoms with Gasteiger partial charge in [0.1, 0.15) is 5.75 Å². The average molecular weight is 249 g/mol.